The molecule has 0 saturated carbocycles. The number of carbonyl (C=O) groups excluding carboxylic acids is 2. The van der Waals surface area contributed by atoms with Crippen molar-refractivity contribution < 1.29 is 27.2 Å². The van der Waals surface area contributed by atoms with Crippen LogP contribution < -0.4 is 10.6 Å². The fourth-order valence-electron chi connectivity index (χ4n) is 3.95. The molecule has 13 heteroatoms. The Kier molecular flexibility index (Phi) is 7.40. The molecule has 0 spiro atoms. The van der Waals surface area contributed by atoms with E-state index in [0.717, 1.165) is 16.8 Å². The summed E-state index contributed by atoms with van der Waals surface area (Å²) in [6.45, 7) is 6.37. The van der Waals surface area contributed by atoms with Crippen molar-refractivity contribution in [1.82, 2.24) is 30.6 Å². The Hall–Kier alpha value is -4.73. The molecule has 39 heavy (non-hydrogen) atoms. The Morgan fingerprint density at radius 1 is 1.13 bits per heavy atom. The van der Waals surface area contributed by atoms with Crippen molar-refractivity contribution in [2.75, 3.05) is 0 Å². The number of halogens is 3. The zero-order valence-corrected chi connectivity index (χ0v) is 21.5. The molecule has 0 fully saturated rings. The molecule has 202 valence electrons. The van der Waals surface area contributed by atoms with Crippen LogP contribution in [-0.4, -0.2) is 37.8 Å². The van der Waals surface area contributed by atoms with E-state index in [1.165, 1.54) is 18.2 Å². The van der Waals surface area contributed by atoms with Crippen molar-refractivity contribution in [3.63, 3.8) is 0 Å². The monoisotopic (exact) mass is 539 g/mol. The van der Waals surface area contributed by atoms with Crippen molar-refractivity contribution in [2.24, 2.45) is 5.41 Å². The Balaban J connectivity index is 1.66. The Labute approximate surface area is 220 Å². The molecule has 0 saturated heterocycles. The molecule has 1 atom stereocenters. The molecule has 0 radical (unpaired) electrons. The first-order valence-corrected chi connectivity index (χ1v) is 11.8. The molecule has 10 nitrogen and oxygen atoms in total. The van der Waals surface area contributed by atoms with Crippen LogP contribution >= 0.6 is 0 Å². The number of hydrogen-bond acceptors (Lipinski definition) is 7. The van der Waals surface area contributed by atoms with Gasteiger partial charge in [-0.3, -0.25) is 14.3 Å². The molecule has 0 aliphatic carbocycles. The summed E-state index contributed by atoms with van der Waals surface area (Å²) >= 11 is 0. The lowest BCUT2D eigenvalue weighted by Crippen LogP contribution is -2.53. The molecule has 1 unspecified atom stereocenters. The predicted octanol–water partition coefficient (Wildman–Crippen LogP) is 3.53. The average molecular weight is 540 g/mol. The van der Waals surface area contributed by atoms with Crippen molar-refractivity contribution in [3.05, 3.63) is 76.4 Å². The number of carbonyl (C=O) groups is 2. The van der Waals surface area contributed by atoms with E-state index in [0.29, 0.717) is 5.89 Å². The van der Waals surface area contributed by atoms with Crippen molar-refractivity contribution in [1.29, 1.82) is 5.26 Å². The molecular weight excluding hydrogens is 515 g/mol. The molecule has 2 amide bonds. The van der Waals surface area contributed by atoms with Gasteiger partial charge >= 0.3 is 0 Å². The molecular formula is C26H24F3N7O3. The van der Waals surface area contributed by atoms with E-state index in [2.05, 4.69) is 25.9 Å². The maximum absolute atomic E-state index is 14.9. The zero-order chi connectivity index (χ0) is 28.5. The molecule has 4 rings (SSSR count). The fourth-order valence-corrected chi connectivity index (χ4v) is 3.95. The molecule has 0 bridgehead atoms. The van der Waals surface area contributed by atoms with Crippen LogP contribution in [0.15, 0.2) is 34.7 Å². The van der Waals surface area contributed by atoms with E-state index < -0.39 is 40.7 Å². The first-order chi connectivity index (χ1) is 18.4. The van der Waals surface area contributed by atoms with Gasteiger partial charge in [0, 0.05) is 17.9 Å². The second-order valence-electron chi connectivity index (χ2n) is 9.89. The summed E-state index contributed by atoms with van der Waals surface area (Å²) in [7, 11) is 0. The van der Waals surface area contributed by atoms with E-state index in [9.17, 15) is 22.8 Å². The summed E-state index contributed by atoms with van der Waals surface area (Å²) in [4.78, 5) is 26.4. The maximum atomic E-state index is 14.9. The van der Waals surface area contributed by atoms with Gasteiger partial charge in [-0.25, -0.2) is 13.2 Å². The van der Waals surface area contributed by atoms with Gasteiger partial charge in [0.05, 0.1) is 24.7 Å². The number of nitriles is 1. The zero-order valence-electron chi connectivity index (χ0n) is 21.5. The highest BCUT2D eigenvalue weighted by Gasteiger charge is 2.34. The highest BCUT2D eigenvalue weighted by molar-refractivity contribution is 6.06. The fraction of sp³-hybridized carbons (Fsp3) is 0.308. The van der Waals surface area contributed by atoms with E-state index in [-0.39, 0.29) is 46.7 Å². The standard InChI is InChI=1S/C26H24F3N7O3/c1-13-33-34-19(39-13)11-31-25(38)23(26(2,3)4)32-24(37)21-16-7-8-17(27)20(29)22(16)36(35-21)12-15-6-5-14(10-30)9-18(15)28/h5-9,23H,11-12H2,1-4H3,(H,31,38)(H,32,37). The third kappa shape index (κ3) is 5.74. The second-order valence-corrected chi connectivity index (χ2v) is 9.89. The smallest absolute Gasteiger partial charge is 0.273 e. The lowest BCUT2D eigenvalue weighted by Gasteiger charge is -2.30. The van der Waals surface area contributed by atoms with Gasteiger partial charge in [-0.05, 0) is 29.7 Å². The Morgan fingerprint density at radius 3 is 2.49 bits per heavy atom. The second kappa shape index (κ2) is 10.6. The number of aryl methyl sites for hydroxylation is 1. The minimum atomic E-state index is -1.27. The topological polar surface area (TPSA) is 139 Å². The van der Waals surface area contributed by atoms with Gasteiger partial charge in [0.15, 0.2) is 17.3 Å². The Bertz CT molecular complexity index is 1620. The van der Waals surface area contributed by atoms with E-state index in [1.807, 2.05) is 6.07 Å². The number of fused-ring (bicyclic) bond motifs is 1. The van der Waals surface area contributed by atoms with Crippen LogP contribution in [-0.2, 0) is 17.9 Å². The van der Waals surface area contributed by atoms with Crippen LogP contribution in [0.5, 0.6) is 0 Å². The van der Waals surface area contributed by atoms with Crippen molar-refractivity contribution in [3.8, 4) is 6.07 Å². The van der Waals surface area contributed by atoms with E-state index >= 15 is 0 Å². The van der Waals surface area contributed by atoms with Crippen molar-refractivity contribution >= 4 is 22.7 Å². The summed E-state index contributed by atoms with van der Waals surface area (Å²) in [5.41, 5.74) is -1.29. The highest BCUT2D eigenvalue weighted by Crippen LogP contribution is 2.26. The van der Waals surface area contributed by atoms with Crippen LogP contribution in [0.3, 0.4) is 0 Å². The average Bonchev–Trinajstić information content (AvgIpc) is 3.47. The molecule has 0 aliphatic rings. The minimum absolute atomic E-state index is 0.0325. The lowest BCUT2D eigenvalue weighted by molar-refractivity contribution is -0.125. The number of hydrogen-bond donors (Lipinski definition) is 2. The summed E-state index contributed by atoms with van der Waals surface area (Å²) in [6.07, 6.45) is 0. The summed E-state index contributed by atoms with van der Waals surface area (Å²) in [6, 6.07) is 6.48. The summed E-state index contributed by atoms with van der Waals surface area (Å²) in [5.74, 6) is -4.07. The predicted molar refractivity (Wildman–Crippen MR) is 131 cm³/mol. The van der Waals surface area contributed by atoms with Gasteiger partial charge in [-0.15, -0.1) is 10.2 Å². The Morgan fingerprint density at radius 2 is 1.87 bits per heavy atom. The molecule has 0 aliphatic heterocycles. The van der Waals surface area contributed by atoms with E-state index in [1.54, 1.807) is 27.7 Å². The van der Waals surface area contributed by atoms with Crippen LogP contribution in [0.4, 0.5) is 13.2 Å². The number of amides is 2. The minimum Gasteiger partial charge on any atom is -0.424 e. The number of aromatic nitrogens is 4. The first-order valence-electron chi connectivity index (χ1n) is 11.8. The quantitative estimate of drug-likeness (QED) is 0.366. The van der Waals surface area contributed by atoms with Gasteiger partial charge < -0.3 is 15.1 Å². The van der Waals surface area contributed by atoms with Crippen molar-refractivity contribution in [2.45, 2.75) is 46.8 Å². The number of nitrogens with zero attached hydrogens (tertiary/aromatic N) is 5. The maximum Gasteiger partial charge on any atom is 0.273 e. The van der Waals surface area contributed by atoms with E-state index in [4.69, 9.17) is 9.68 Å². The van der Waals surface area contributed by atoms with Gasteiger partial charge in [0.2, 0.25) is 17.7 Å². The van der Waals surface area contributed by atoms with Gasteiger partial charge in [0.1, 0.15) is 17.4 Å². The highest BCUT2D eigenvalue weighted by atomic mass is 19.2. The van der Waals surface area contributed by atoms with Gasteiger partial charge in [0.25, 0.3) is 5.91 Å². The SMILES string of the molecule is Cc1nnc(CNC(=O)C(NC(=O)c2nn(Cc3ccc(C#N)cc3F)c3c(F)c(F)ccc23)C(C)(C)C)o1. The third-order valence-corrected chi connectivity index (χ3v) is 5.91. The van der Waals surface area contributed by atoms with Crippen LogP contribution in [0.2, 0.25) is 0 Å². The van der Waals surface area contributed by atoms with Crippen LogP contribution in [0.1, 0.15) is 54.2 Å². The molecule has 4 aromatic rings. The normalized spacial score (nSPS) is 12.3. The summed E-state index contributed by atoms with van der Waals surface area (Å²) in [5, 5.41) is 25.9. The number of nitrogens with one attached hydrogen (secondary N) is 2. The molecule has 2 N–H and O–H groups in total. The first kappa shape index (κ1) is 27.3. The lowest BCUT2D eigenvalue weighted by atomic mass is 9.86. The number of benzene rings is 2. The van der Waals surface area contributed by atoms with Crippen LogP contribution in [0.25, 0.3) is 10.9 Å². The molecule has 2 heterocycles. The molecule has 2 aromatic heterocycles. The van der Waals surface area contributed by atoms with Gasteiger partial charge in [-0.1, -0.05) is 26.8 Å². The number of rotatable bonds is 7. The largest absolute Gasteiger partial charge is 0.424 e. The third-order valence-electron chi connectivity index (χ3n) is 5.91. The summed E-state index contributed by atoms with van der Waals surface area (Å²) < 4.78 is 49.8. The van der Waals surface area contributed by atoms with Crippen LogP contribution in [0, 0.1) is 41.1 Å². The molecule has 2 aromatic carbocycles. The van der Waals surface area contributed by atoms with Gasteiger partial charge in [-0.2, -0.15) is 10.4 Å².